The maximum atomic E-state index is 11.4. The van der Waals surface area contributed by atoms with E-state index in [-0.39, 0.29) is 11.9 Å². The number of hydrogen-bond acceptors (Lipinski definition) is 3. The van der Waals surface area contributed by atoms with Crippen LogP contribution in [0.15, 0.2) is 10.9 Å². The Bertz CT molecular complexity index is 263. The lowest BCUT2D eigenvalue weighted by Gasteiger charge is -2.10. The van der Waals surface area contributed by atoms with E-state index in [1.807, 2.05) is 6.92 Å². The molecule has 1 heterocycles. The van der Waals surface area contributed by atoms with E-state index in [1.54, 1.807) is 10.9 Å². The van der Waals surface area contributed by atoms with Gasteiger partial charge in [-0.3, -0.25) is 4.79 Å². The van der Waals surface area contributed by atoms with Crippen molar-refractivity contribution in [1.29, 1.82) is 0 Å². The molecular formula is C8H11ClN2OS. The van der Waals surface area contributed by atoms with Gasteiger partial charge in [-0.15, -0.1) is 22.9 Å². The maximum absolute atomic E-state index is 11.4. The topological polar surface area (TPSA) is 42.0 Å². The highest BCUT2D eigenvalue weighted by Crippen LogP contribution is 2.02. The molecule has 0 radical (unpaired) electrons. The number of alkyl halides is 1. The van der Waals surface area contributed by atoms with Gasteiger partial charge in [-0.25, -0.2) is 4.98 Å². The highest BCUT2D eigenvalue weighted by atomic mass is 35.5. The van der Waals surface area contributed by atoms with Gasteiger partial charge in [0.05, 0.1) is 5.51 Å². The van der Waals surface area contributed by atoms with Crippen LogP contribution in [0.3, 0.4) is 0 Å². The van der Waals surface area contributed by atoms with Crippen LogP contribution in [0.25, 0.3) is 0 Å². The quantitative estimate of drug-likeness (QED) is 0.785. The molecule has 1 rings (SSSR count). The van der Waals surface area contributed by atoms with Crippen molar-refractivity contribution in [3.05, 3.63) is 16.6 Å². The molecule has 1 aromatic rings. The van der Waals surface area contributed by atoms with Gasteiger partial charge in [0.25, 0.3) is 5.91 Å². The number of hydrogen-bond donors (Lipinski definition) is 1. The minimum Gasteiger partial charge on any atom is -0.348 e. The van der Waals surface area contributed by atoms with Gasteiger partial charge in [0.1, 0.15) is 5.69 Å². The molecule has 13 heavy (non-hydrogen) atoms. The van der Waals surface area contributed by atoms with Gasteiger partial charge < -0.3 is 5.32 Å². The Kier molecular flexibility index (Phi) is 4.18. The van der Waals surface area contributed by atoms with Crippen LogP contribution in [0.2, 0.25) is 0 Å². The van der Waals surface area contributed by atoms with Gasteiger partial charge in [-0.05, 0) is 13.3 Å². The summed E-state index contributed by atoms with van der Waals surface area (Å²) < 4.78 is 0. The van der Waals surface area contributed by atoms with E-state index >= 15 is 0 Å². The average Bonchev–Trinajstić information content (AvgIpc) is 2.55. The molecule has 0 fully saturated rings. The predicted molar refractivity (Wildman–Crippen MR) is 54.4 cm³/mol. The molecule has 1 amide bonds. The fourth-order valence-corrected chi connectivity index (χ4v) is 1.72. The summed E-state index contributed by atoms with van der Waals surface area (Å²) in [4.78, 5) is 15.3. The van der Waals surface area contributed by atoms with Crippen LogP contribution in [0.1, 0.15) is 23.8 Å². The normalized spacial score (nSPS) is 12.5. The summed E-state index contributed by atoms with van der Waals surface area (Å²) >= 11 is 6.95. The summed E-state index contributed by atoms with van der Waals surface area (Å²) in [5.74, 6) is 0.428. The van der Waals surface area contributed by atoms with E-state index in [2.05, 4.69) is 10.3 Å². The third kappa shape index (κ3) is 3.32. The molecule has 72 valence electrons. The molecule has 3 nitrogen and oxygen atoms in total. The van der Waals surface area contributed by atoms with Crippen molar-refractivity contribution >= 4 is 28.8 Å². The SMILES string of the molecule is CC(CCCl)NC(=O)c1cscn1. The van der Waals surface area contributed by atoms with Crippen molar-refractivity contribution in [2.24, 2.45) is 0 Å². The number of thiazole rings is 1. The fourth-order valence-electron chi connectivity index (χ4n) is 0.858. The summed E-state index contributed by atoms with van der Waals surface area (Å²) in [7, 11) is 0. The standard InChI is InChI=1S/C8H11ClN2OS/c1-6(2-3-9)11-8(12)7-4-13-5-10-7/h4-6H,2-3H2,1H3,(H,11,12). The second-order valence-corrected chi connectivity index (χ2v) is 3.82. The number of amides is 1. The number of carbonyl (C=O) groups excluding carboxylic acids is 1. The van der Waals surface area contributed by atoms with Crippen LogP contribution < -0.4 is 5.32 Å². The van der Waals surface area contributed by atoms with Crippen molar-refractivity contribution in [1.82, 2.24) is 10.3 Å². The Morgan fingerprint density at radius 3 is 3.15 bits per heavy atom. The van der Waals surface area contributed by atoms with Crippen LogP contribution in [0.5, 0.6) is 0 Å². The van der Waals surface area contributed by atoms with Crippen molar-refractivity contribution in [2.45, 2.75) is 19.4 Å². The number of halogens is 1. The van der Waals surface area contributed by atoms with Crippen LogP contribution in [-0.2, 0) is 0 Å². The third-order valence-electron chi connectivity index (χ3n) is 1.58. The van der Waals surface area contributed by atoms with Crippen molar-refractivity contribution < 1.29 is 4.79 Å². The lowest BCUT2D eigenvalue weighted by atomic mass is 10.2. The van der Waals surface area contributed by atoms with E-state index in [0.29, 0.717) is 11.6 Å². The molecule has 0 aliphatic heterocycles. The molecule has 0 saturated heterocycles. The summed E-state index contributed by atoms with van der Waals surface area (Å²) in [6.07, 6.45) is 0.775. The summed E-state index contributed by atoms with van der Waals surface area (Å²) in [6.45, 7) is 1.92. The summed E-state index contributed by atoms with van der Waals surface area (Å²) in [6, 6.07) is 0.103. The Labute approximate surface area is 86.1 Å². The van der Waals surface area contributed by atoms with Gasteiger partial charge in [-0.2, -0.15) is 0 Å². The first-order valence-corrected chi connectivity index (χ1v) is 5.46. The van der Waals surface area contributed by atoms with E-state index in [1.165, 1.54) is 11.3 Å². The molecular weight excluding hydrogens is 208 g/mol. The predicted octanol–water partition coefficient (Wildman–Crippen LogP) is 1.89. The fraction of sp³-hybridized carbons (Fsp3) is 0.500. The molecule has 0 bridgehead atoms. The zero-order valence-corrected chi connectivity index (χ0v) is 8.86. The zero-order chi connectivity index (χ0) is 9.68. The average molecular weight is 219 g/mol. The van der Waals surface area contributed by atoms with Crippen LogP contribution in [-0.4, -0.2) is 22.8 Å². The number of rotatable bonds is 4. The van der Waals surface area contributed by atoms with Gasteiger partial charge in [0, 0.05) is 17.3 Å². The van der Waals surface area contributed by atoms with Gasteiger partial charge in [-0.1, -0.05) is 0 Å². The van der Waals surface area contributed by atoms with E-state index in [9.17, 15) is 4.79 Å². The Hall–Kier alpha value is -0.610. The molecule has 0 aromatic carbocycles. The number of aromatic nitrogens is 1. The largest absolute Gasteiger partial charge is 0.348 e. The number of nitrogens with one attached hydrogen (secondary N) is 1. The van der Waals surface area contributed by atoms with E-state index < -0.39 is 0 Å². The highest BCUT2D eigenvalue weighted by molar-refractivity contribution is 7.07. The molecule has 5 heteroatoms. The Morgan fingerprint density at radius 2 is 2.62 bits per heavy atom. The van der Waals surface area contributed by atoms with Gasteiger partial charge >= 0.3 is 0 Å². The Morgan fingerprint density at radius 1 is 1.85 bits per heavy atom. The zero-order valence-electron chi connectivity index (χ0n) is 7.29. The van der Waals surface area contributed by atoms with Crippen LogP contribution in [0, 0.1) is 0 Å². The molecule has 1 atom stereocenters. The molecule has 0 saturated carbocycles. The van der Waals surface area contributed by atoms with E-state index in [4.69, 9.17) is 11.6 Å². The first-order valence-electron chi connectivity index (χ1n) is 3.99. The molecule has 0 aliphatic rings. The smallest absolute Gasteiger partial charge is 0.270 e. The van der Waals surface area contributed by atoms with Crippen LogP contribution in [0.4, 0.5) is 0 Å². The third-order valence-corrected chi connectivity index (χ3v) is 2.39. The first-order chi connectivity index (χ1) is 6.24. The molecule has 0 spiro atoms. The highest BCUT2D eigenvalue weighted by Gasteiger charge is 2.10. The second-order valence-electron chi connectivity index (χ2n) is 2.73. The van der Waals surface area contributed by atoms with E-state index in [0.717, 1.165) is 6.42 Å². The number of nitrogens with zero attached hydrogens (tertiary/aromatic N) is 1. The monoisotopic (exact) mass is 218 g/mol. The lowest BCUT2D eigenvalue weighted by Crippen LogP contribution is -2.32. The Balaban J connectivity index is 2.42. The summed E-state index contributed by atoms with van der Waals surface area (Å²) in [5, 5.41) is 4.53. The second kappa shape index (κ2) is 5.19. The maximum Gasteiger partial charge on any atom is 0.270 e. The van der Waals surface area contributed by atoms with Crippen LogP contribution >= 0.6 is 22.9 Å². The van der Waals surface area contributed by atoms with Crippen molar-refractivity contribution in [3.8, 4) is 0 Å². The van der Waals surface area contributed by atoms with Gasteiger partial charge in [0.15, 0.2) is 0 Å². The molecule has 1 N–H and O–H groups in total. The number of carbonyl (C=O) groups is 1. The first kappa shape index (κ1) is 10.5. The van der Waals surface area contributed by atoms with Gasteiger partial charge in [0.2, 0.25) is 0 Å². The summed E-state index contributed by atoms with van der Waals surface area (Å²) in [5.41, 5.74) is 2.12. The van der Waals surface area contributed by atoms with Crippen molar-refractivity contribution in [3.63, 3.8) is 0 Å². The molecule has 0 aliphatic carbocycles. The minimum atomic E-state index is -0.126. The van der Waals surface area contributed by atoms with Crippen molar-refractivity contribution in [2.75, 3.05) is 5.88 Å². The molecule has 1 aromatic heterocycles. The lowest BCUT2D eigenvalue weighted by molar-refractivity contribution is 0.0935. The minimum absolute atomic E-state index is 0.103. The molecule has 1 unspecified atom stereocenters.